The molecule has 0 bridgehead atoms. The molecule has 110 valence electrons. The van der Waals surface area contributed by atoms with Crippen LogP contribution in [0.1, 0.15) is 24.0 Å². The molecule has 21 heavy (non-hydrogen) atoms. The standard InChI is InChI=1S/C17H17BrFNO/c18-17-8-12(10-20-15-6-7-15)4-5-13(17)11-21-16-3-1-2-14(19)9-16/h1-5,8-9,15,20H,6-7,10-11H2. The first-order chi connectivity index (χ1) is 10.2. The SMILES string of the molecule is Fc1cccc(OCc2ccc(CNC3CC3)cc2Br)c1. The van der Waals surface area contributed by atoms with E-state index in [0.29, 0.717) is 18.4 Å². The predicted octanol–water partition coefficient (Wildman–Crippen LogP) is 4.42. The number of ether oxygens (including phenoxy) is 1. The van der Waals surface area contributed by atoms with Crippen LogP contribution in [-0.4, -0.2) is 6.04 Å². The molecule has 1 N–H and O–H groups in total. The van der Waals surface area contributed by atoms with Crippen molar-refractivity contribution in [1.82, 2.24) is 5.32 Å². The summed E-state index contributed by atoms with van der Waals surface area (Å²) in [6.45, 7) is 1.31. The van der Waals surface area contributed by atoms with Gasteiger partial charge in [0.2, 0.25) is 0 Å². The van der Waals surface area contributed by atoms with Crippen LogP contribution in [0.3, 0.4) is 0 Å². The normalized spacial score (nSPS) is 14.2. The number of nitrogens with one attached hydrogen (secondary N) is 1. The third kappa shape index (κ3) is 4.29. The number of halogens is 2. The molecule has 1 aliphatic rings. The van der Waals surface area contributed by atoms with Gasteiger partial charge in [0.05, 0.1) is 0 Å². The number of hydrogen-bond donors (Lipinski definition) is 1. The predicted molar refractivity (Wildman–Crippen MR) is 84.7 cm³/mol. The zero-order valence-corrected chi connectivity index (χ0v) is 13.2. The fraction of sp³-hybridized carbons (Fsp3) is 0.294. The zero-order valence-electron chi connectivity index (χ0n) is 11.6. The lowest BCUT2D eigenvalue weighted by atomic mass is 10.1. The highest BCUT2D eigenvalue weighted by atomic mass is 79.9. The Morgan fingerprint density at radius 2 is 2.05 bits per heavy atom. The van der Waals surface area contributed by atoms with Crippen molar-refractivity contribution >= 4 is 15.9 Å². The second-order valence-electron chi connectivity index (χ2n) is 5.33. The van der Waals surface area contributed by atoms with Gasteiger partial charge in [0, 0.05) is 28.7 Å². The molecule has 1 fully saturated rings. The maximum Gasteiger partial charge on any atom is 0.126 e. The van der Waals surface area contributed by atoms with Gasteiger partial charge in [0.1, 0.15) is 18.2 Å². The summed E-state index contributed by atoms with van der Waals surface area (Å²) >= 11 is 3.58. The Morgan fingerprint density at radius 3 is 2.76 bits per heavy atom. The molecule has 0 unspecified atom stereocenters. The topological polar surface area (TPSA) is 21.3 Å². The molecule has 2 aromatic rings. The maximum absolute atomic E-state index is 13.1. The van der Waals surface area contributed by atoms with Crippen LogP contribution in [0, 0.1) is 5.82 Å². The zero-order chi connectivity index (χ0) is 14.7. The van der Waals surface area contributed by atoms with Gasteiger partial charge in [0.25, 0.3) is 0 Å². The van der Waals surface area contributed by atoms with E-state index in [1.54, 1.807) is 12.1 Å². The van der Waals surface area contributed by atoms with E-state index in [-0.39, 0.29) is 5.82 Å². The summed E-state index contributed by atoms with van der Waals surface area (Å²) in [6, 6.07) is 13.2. The Labute approximate surface area is 132 Å². The molecule has 3 rings (SSSR count). The van der Waals surface area contributed by atoms with Crippen molar-refractivity contribution in [2.24, 2.45) is 0 Å². The third-order valence-corrected chi connectivity index (χ3v) is 4.22. The minimum Gasteiger partial charge on any atom is -0.489 e. The summed E-state index contributed by atoms with van der Waals surface area (Å²) < 4.78 is 19.7. The van der Waals surface area contributed by atoms with Gasteiger partial charge in [-0.3, -0.25) is 0 Å². The van der Waals surface area contributed by atoms with Crippen LogP contribution in [0.15, 0.2) is 46.9 Å². The quantitative estimate of drug-likeness (QED) is 0.833. The second kappa shape index (κ2) is 6.58. The molecule has 1 aliphatic carbocycles. The Morgan fingerprint density at radius 1 is 1.19 bits per heavy atom. The minimum absolute atomic E-state index is 0.284. The van der Waals surface area contributed by atoms with E-state index in [0.717, 1.165) is 16.6 Å². The lowest BCUT2D eigenvalue weighted by molar-refractivity contribution is 0.304. The van der Waals surface area contributed by atoms with Crippen molar-refractivity contribution in [3.63, 3.8) is 0 Å². The fourth-order valence-electron chi connectivity index (χ4n) is 2.09. The summed E-state index contributed by atoms with van der Waals surface area (Å²) in [7, 11) is 0. The highest BCUT2D eigenvalue weighted by molar-refractivity contribution is 9.10. The van der Waals surface area contributed by atoms with E-state index in [1.165, 1.54) is 30.5 Å². The number of benzene rings is 2. The van der Waals surface area contributed by atoms with E-state index in [2.05, 4.69) is 33.4 Å². The molecule has 4 heteroatoms. The Balaban J connectivity index is 1.59. The van der Waals surface area contributed by atoms with Gasteiger partial charge >= 0.3 is 0 Å². The summed E-state index contributed by atoms with van der Waals surface area (Å²) in [4.78, 5) is 0. The third-order valence-electron chi connectivity index (χ3n) is 3.48. The first kappa shape index (κ1) is 14.5. The molecule has 2 nitrogen and oxygen atoms in total. The van der Waals surface area contributed by atoms with Gasteiger partial charge in [0.15, 0.2) is 0 Å². The van der Waals surface area contributed by atoms with Crippen LogP contribution in [0.4, 0.5) is 4.39 Å². The maximum atomic E-state index is 13.1. The van der Waals surface area contributed by atoms with Crippen molar-refractivity contribution in [3.05, 3.63) is 63.9 Å². The Kier molecular flexibility index (Phi) is 4.56. The molecular weight excluding hydrogens is 333 g/mol. The Hall–Kier alpha value is -1.39. The van der Waals surface area contributed by atoms with Crippen LogP contribution in [-0.2, 0) is 13.2 Å². The van der Waals surface area contributed by atoms with Crippen molar-refractivity contribution in [1.29, 1.82) is 0 Å². The summed E-state index contributed by atoms with van der Waals surface area (Å²) in [5.41, 5.74) is 2.30. The van der Waals surface area contributed by atoms with Crippen molar-refractivity contribution < 1.29 is 9.13 Å². The van der Waals surface area contributed by atoms with E-state index >= 15 is 0 Å². The average molecular weight is 350 g/mol. The van der Waals surface area contributed by atoms with Crippen LogP contribution >= 0.6 is 15.9 Å². The van der Waals surface area contributed by atoms with E-state index in [1.807, 2.05) is 6.07 Å². The molecule has 0 aliphatic heterocycles. The molecular formula is C17H17BrFNO. The van der Waals surface area contributed by atoms with Crippen molar-refractivity contribution in [3.8, 4) is 5.75 Å². The summed E-state index contributed by atoms with van der Waals surface area (Å²) in [6.07, 6.45) is 2.58. The molecule has 0 amide bonds. The summed E-state index contributed by atoms with van der Waals surface area (Å²) in [5.74, 6) is 0.259. The highest BCUT2D eigenvalue weighted by Crippen LogP contribution is 2.23. The fourth-order valence-corrected chi connectivity index (χ4v) is 2.63. The highest BCUT2D eigenvalue weighted by Gasteiger charge is 2.19. The van der Waals surface area contributed by atoms with Crippen LogP contribution in [0.25, 0.3) is 0 Å². The average Bonchev–Trinajstić information content (AvgIpc) is 3.28. The van der Waals surface area contributed by atoms with Crippen LogP contribution in [0.5, 0.6) is 5.75 Å². The molecule has 2 aromatic carbocycles. The molecule has 0 atom stereocenters. The van der Waals surface area contributed by atoms with E-state index in [4.69, 9.17) is 4.74 Å². The number of hydrogen-bond acceptors (Lipinski definition) is 2. The minimum atomic E-state index is -0.284. The van der Waals surface area contributed by atoms with Crippen LogP contribution < -0.4 is 10.1 Å². The largest absolute Gasteiger partial charge is 0.489 e. The molecule has 0 aromatic heterocycles. The Bertz CT molecular complexity index is 628. The van der Waals surface area contributed by atoms with E-state index < -0.39 is 0 Å². The smallest absolute Gasteiger partial charge is 0.126 e. The number of rotatable bonds is 6. The summed E-state index contributed by atoms with van der Waals surface area (Å²) in [5, 5.41) is 3.49. The van der Waals surface area contributed by atoms with Gasteiger partial charge in [-0.05, 0) is 36.6 Å². The van der Waals surface area contributed by atoms with E-state index in [9.17, 15) is 4.39 Å². The van der Waals surface area contributed by atoms with Gasteiger partial charge < -0.3 is 10.1 Å². The monoisotopic (exact) mass is 349 g/mol. The molecule has 1 saturated carbocycles. The molecule has 0 radical (unpaired) electrons. The molecule has 0 heterocycles. The first-order valence-corrected chi connectivity index (χ1v) is 7.89. The van der Waals surface area contributed by atoms with Gasteiger partial charge in [-0.1, -0.05) is 34.1 Å². The lowest BCUT2D eigenvalue weighted by Gasteiger charge is -2.10. The lowest BCUT2D eigenvalue weighted by Crippen LogP contribution is -2.15. The van der Waals surface area contributed by atoms with Gasteiger partial charge in [-0.15, -0.1) is 0 Å². The first-order valence-electron chi connectivity index (χ1n) is 7.10. The van der Waals surface area contributed by atoms with Crippen molar-refractivity contribution in [2.75, 3.05) is 0 Å². The second-order valence-corrected chi connectivity index (χ2v) is 6.18. The molecule has 0 spiro atoms. The van der Waals surface area contributed by atoms with Gasteiger partial charge in [-0.25, -0.2) is 4.39 Å². The van der Waals surface area contributed by atoms with Crippen molar-refractivity contribution in [2.45, 2.75) is 32.0 Å². The van der Waals surface area contributed by atoms with Crippen LogP contribution in [0.2, 0.25) is 0 Å². The molecule has 0 saturated heterocycles. The van der Waals surface area contributed by atoms with Gasteiger partial charge in [-0.2, -0.15) is 0 Å².